The lowest BCUT2D eigenvalue weighted by Crippen LogP contribution is -2.33. The molecule has 0 saturated heterocycles. The van der Waals surface area contributed by atoms with Gasteiger partial charge in [-0.05, 0) is 32.7 Å². The Bertz CT molecular complexity index is 189. The lowest BCUT2D eigenvalue weighted by atomic mass is 10.2. The number of oxime groups is 1. The Labute approximate surface area is 79.4 Å². The third-order valence-corrected chi connectivity index (χ3v) is 2.85. The Morgan fingerprint density at radius 2 is 2.31 bits per heavy atom. The Morgan fingerprint density at radius 3 is 2.77 bits per heavy atom. The predicted octanol–water partition coefficient (Wildman–Crippen LogP) is 0.853. The third kappa shape index (κ3) is 3.22. The van der Waals surface area contributed by atoms with E-state index in [2.05, 4.69) is 24.0 Å². The second-order valence-electron chi connectivity index (χ2n) is 3.90. The van der Waals surface area contributed by atoms with E-state index in [1.54, 1.807) is 0 Å². The minimum atomic E-state index is 0.315. The summed E-state index contributed by atoms with van der Waals surface area (Å²) < 4.78 is 0. The molecule has 1 atom stereocenters. The molecule has 1 saturated carbocycles. The largest absolute Gasteiger partial charge is 0.409 e. The van der Waals surface area contributed by atoms with Crippen molar-refractivity contribution < 1.29 is 5.21 Å². The number of nitrogens with two attached hydrogens (primary N) is 1. The maximum atomic E-state index is 8.35. The molecule has 76 valence electrons. The van der Waals surface area contributed by atoms with Crippen LogP contribution in [0.5, 0.6) is 0 Å². The zero-order valence-electron chi connectivity index (χ0n) is 8.40. The first-order chi connectivity index (χ1) is 6.15. The molecule has 3 N–H and O–H groups in total. The Morgan fingerprint density at radius 1 is 1.69 bits per heavy atom. The van der Waals surface area contributed by atoms with Gasteiger partial charge in [-0.15, -0.1) is 0 Å². The van der Waals surface area contributed by atoms with Crippen LogP contribution >= 0.6 is 0 Å². The molecule has 4 heteroatoms. The molecule has 0 bridgehead atoms. The molecule has 0 aliphatic heterocycles. The standard InChI is InChI=1S/C9H19N3O/c1-7(8-3-4-8)12(2)6-5-9(10)11-13/h7-8,13H,3-6H2,1-2H3,(H2,10,11). The molecule has 0 aromatic heterocycles. The third-order valence-electron chi connectivity index (χ3n) is 2.85. The van der Waals surface area contributed by atoms with E-state index in [9.17, 15) is 0 Å². The lowest BCUT2D eigenvalue weighted by Gasteiger charge is -2.23. The molecule has 13 heavy (non-hydrogen) atoms. The molecule has 0 spiro atoms. The van der Waals surface area contributed by atoms with Crippen molar-refractivity contribution in [1.82, 2.24) is 4.90 Å². The quantitative estimate of drug-likeness (QED) is 0.289. The topological polar surface area (TPSA) is 61.8 Å². The van der Waals surface area contributed by atoms with Gasteiger partial charge in [-0.1, -0.05) is 5.16 Å². The molecular formula is C9H19N3O. The first-order valence-corrected chi connectivity index (χ1v) is 4.81. The summed E-state index contributed by atoms with van der Waals surface area (Å²) in [4.78, 5) is 2.27. The van der Waals surface area contributed by atoms with Gasteiger partial charge in [0.25, 0.3) is 0 Å². The maximum absolute atomic E-state index is 8.35. The van der Waals surface area contributed by atoms with Crippen LogP contribution in [-0.4, -0.2) is 35.6 Å². The van der Waals surface area contributed by atoms with Crippen molar-refractivity contribution in [3.05, 3.63) is 0 Å². The van der Waals surface area contributed by atoms with Gasteiger partial charge in [0.1, 0.15) is 5.84 Å². The fourth-order valence-corrected chi connectivity index (χ4v) is 1.48. The molecule has 0 radical (unpaired) electrons. The highest BCUT2D eigenvalue weighted by Crippen LogP contribution is 2.34. The molecule has 0 amide bonds. The number of rotatable bonds is 5. The monoisotopic (exact) mass is 185 g/mol. The Hall–Kier alpha value is -0.770. The molecule has 4 nitrogen and oxygen atoms in total. The van der Waals surface area contributed by atoms with E-state index in [0.29, 0.717) is 18.3 Å². The second kappa shape index (κ2) is 4.46. The van der Waals surface area contributed by atoms with Crippen LogP contribution in [0.2, 0.25) is 0 Å². The summed E-state index contributed by atoms with van der Waals surface area (Å²) in [5.74, 6) is 1.19. The molecule has 1 rings (SSSR count). The van der Waals surface area contributed by atoms with E-state index >= 15 is 0 Å². The van der Waals surface area contributed by atoms with Crippen LogP contribution in [0.1, 0.15) is 26.2 Å². The van der Waals surface area contributed by atoms with Crippen LogP contribution < -0.4 is 5.73 Å². The van der Waals surface area contributed by atoms with Gasteiger partial charge >= 0.3 is 0 Å². The lowest BCUT2D eigenvalue weighted by molar-refractivity contribution is 0.239. The van der Waals surface area contributed by atoms with Gasteiger partial charge in [-0.3, -0.25) is 0 Å². The van der Waals surface area contributed by atoms with Crippen LogP contribution in [-0.2, 0) is 0 Å². The zero-order chi connectivity index (χ0) is 9.84. The number of hydrogen-bond acceptors (Lipinski definition) is 3. The van der Waals surface area contributed by atoms with Gasteiger partial charge in [-0.25, -0.2) is 0 Å². The minimum Gasteiger partial charge on any atom is -0.409 e. The molecule has 0 aromatic carbocycles. The fourth-order valence-electron chi connectivity index (χ4n) is 1.48. The smallest absolute Gasteiger partial charge is 0.140 e. The van der Waals surface area contributed by atoms with Gasteiger partial charge < -0.3 is 15.8 Å². The van der Waals surface area contributed by atoms with Gasteiger partial charge in [0, 0.05) is 19.0 Å². The summed E-state index contributed by atoms with van der Waals surface area (Å²) in [7, 11) is 2.09. The number of amidine groups is 1. The molecule has 0 aromatic rings. The zero-order valence-corrected chi connectivity index (χ0v) is 8.40. The van der Waals surface area contributed by atoms with E-state index in [4.69, 9.17) is 10.9 Å². The van der Waals surface area contributed by atoms with E-state index in [-0.39, 0.29) is 0 Å². The molecule has 1 aliphatic carbocycles. The average molecular weight is 185 g/mol. The highest BCUT2D eigenvalue weighted by atomic mass is 16.4. The number of hydrogen-bond donors (Lipinski definition) is 2. The summed E-state index contributed by atoms with van der Waals surface area (Å²) in [6.07, 6.45) is 3.36. The van der Waals surface area contributed by atoms with E-state index in [1.165, 1.54) is 12.8 Å². The fraction of sp³-hybridized carbons (Fsp3) is 0.889. The molecule has 0 heterocycles. The van der Waals surface area contributed by atoms with Crippen LogP contribution in [0.4, 0.5) is 0 Å². The molecule has 1 unspecified atom stereocenters. The minimum absolute atomic E-state index is 0.315. The Kier molecular flexibility index (Phi) is 3.54. The first kappa shape index (κ1) is 10.3. The van der Waals surface area contributed by atoms with E-state index < -0.39 is 0 Å². The average Bonchev–Trinajstić information content (AvgIpc) is 2.95. The van der Waals surface area contributed by atoms with Crippen molar-refractivity contribution >= 4 is 5.84 Å². The van der Waals surface area contributed by atoms with Gasteiger partial charge in [0.05, 0.1) is 0 Å². The van der Waals surface area contributed by atoms with E-state index in [1.807, 2.05) is 0 Å². The van der Waals surface area contributed by atoms with Crippen molar-refractivity contribution in [3.63, 3.8) is 0 Å². The predicted molar refractivity (Wildman–Crippen MR) is 52.8 cm³/mol. The van der Waals surface area contributed by atoms with Crippen LogP contribution in [0.15, 0.2) is 5.16 Å². The van der Waals surface area contributed by atoms with Crippen LogP contribution in [0, 0.1) is 5.92 Å². The summed E-state index contributed by atoms with van der Waals surface area (Å²) in [6, 6.07) is 0.631. The highest BCUT2D eigenvalue weighted by Gasteiger charge is 2.30. The van der Waals surface area contributed by atoms with Gasteiger partial charge in [0.2, 0.25) is 0 Å². The Balaban J connectivity index is 2.19. The van der Waals surface area contributed by atoms with Gasteiger partial charge in [0.15, 0.2) is 0 Å². The number of nitrogens with zero attached hydrogens (tertiary/aromatic N) is 2. The van der Waals surface area contributed by atoms with Crippen molar-refractivity contribution in [1.29, 1.82) is 0 Å². The summed E-state index contributed by atoms with van der Waals surface area (Å²) in [5.41, 5.74) is 5.39. The molecule has 1 aliphatic rings. The van der Waals surface area contributed by atoms with Crippen LogP contribution in [0.25, 0.3) is 0 Å². The first-order valence-electron chi connectivity index (χ1n) is 4.81. The summed E-state index contributed by atoms with van der Waals surface area (Å²) in [6.45, 7) is 3.11. The SMILES string of the molecule is CC(C1CC1)N(C)CC/C(N)=N/O. The van der Waals surface area contributed by atoms with Crippen molar-refractivity contribution in [2.75, 3.05) is 13.6 Å². The maximum Gasteiger partial charge on any atom is 0.140 e. The molecular weight excluding hydrogens is 166 g/mol. The van der Waals surface area contributed by atoms with E-state index in [0.717, 1.165) is 12.5 Å². The van der Waals surface area contributed by atoms with Gasteiger partial charge in [-0.2, -0.15) is 0 Å². The van der Waals surface area contributed by atoms with Crippen molar-refractivity contribution in [3.8, 4) is 0 Å². The highest BCUT2D eigenvalue weighted by molar-refractivity contribution is 5.79. The summed E-state index contributed by atoms with van der Waals surface area (Å²) >= 11 is 0. The normalized spacial score (nSPS) is 20.7. The van der Waals surface area contributed by atoms with Crippen LogP contribution in [0.3, 0.4) is 0 Å². The molecule has 1 fully saturated rings. The van der Waals surface area contributed by atoms with Crippen molar-refractivity contribution in [2.45, 2.75) is 32.2 Å². The second-order valence-corrected chi connectivity index (χ2v) is 3.90. The van der Waals surface area contributed by atoms with Crippen molar-refractivity contribution in [2.24, 2.45) is 16.8 Å². The summed E-state index contributed by atoms with van der Waals surface area (Å²) in [5, 5.41) is 11.3.